The summed E-state index contributed by atoms with van der Waals surface area (Å²) in [7, 11) is 0. The van der Waals surface area contributed by atoms with E-state index in [-0.39, 0.29) is 6.04 Å². The smallest absolute Gasteiger partial charge is 0.0465 e. The Morgan fingerprint density at radius 3 is 2.77 bits per heavy atom. The second-order valence-electron chi connectivity index (χ2n) is 3.03. The lowest BCUT2D eigenvalue weighted by atomic mass is 10.0. The lowest BCUT2D eigenvalue weighted by molar-refractivity contribution is 0.636. The minimum absolute atomic E-state index is 0.0353. The zero-order valence-corrected chi connectivity index (χ0v) is 9.90. The van der Waals surface area contributed by atoms with Crippen molar-refractivity contribution in [1.29, 1.82) is 0 Å². The molecule has 0 radical (unpaired) electrons. The van der Waals surface area contributed by atoms with Crippen LogP contribution >= 0.6 is 27.5 Å². The van der Waals surface area contributed by atoms with E-state index >= 15 is 0 Å². The van der Waals surface area contributed by atoms with Gasteiger partial charge in [-0.25, -0.2) is 0 Å². The van der Waals surface area contributed by atoms with Gasteiger partial charge in [-0.15, -0.1) is 0 Å². The molecule has 0 aliphatic carbocycles. The van der Waals surface area contributed by atoms with Crippen molar-refractivity contribution in [2.45, 2.75) is 25.8 Å². The Labute approximate surface area is 92.4 Å². The molecule has 0 fully saturated rings. The van der Waals surface area contributed by atoms with E-state index in [1.165, 1.54) is 0 Å². The number of hydrogen-bond donors (Lipinski definition) is 1. The third-order valence-electron chi connectivity index (χ3n) is 1.97. The van der Waals surface area contributed by atoms with E-state index in [0.29, 0.717) is 0 Å². The van der Waals surface area contributed by atoms with E-state index in [4.69, 9.17) is 17.3 Å². The van der Waals surface area contributed by atoms with Crippen molar-refractivity contribution in [3.63, 3.8) is 0 Å². The fraction of sp³-hybridized carbons (Fsp3) is 0.400. The minimum atomic E-state index is 0.0353. The van der Waals surface area contributed by atoms with Gasteiger partial charge in [0.2, 0.25) is 0 Å². The van der Waals surface area contributed by atoms with Crippen LogP contribution < -0.4 is 5.73 Å². The summed E-state index contributed by atoms with van der Waals surface area (Å²) in [5, 5.41) is 0.746. The van der Waals surface area contributed by atoms with Crippen molar-refractivity contribution < 1.29 is 0 Å². The summed E-state index contributed by atoms with van der Waals surface area (Å²) in [6, 6.07) is 5.79. The fourth-order valence-electron chi connectivity index (χ4n) is 1.32. The first-order valence-corrected chi connectivity index (χ1v) is 5.53. The van der Waals surface area contributed by atoms with Crippen LogP contribution in [0.2, 0.25) is 5.02 Å². The molecule has 1 nitrogen and oxygen atoms in total. The van der Waals surface area contributed by atoms with Crippen LogP contribution in [0, 0.1) is 0 Å². The molecule has 13 heavy (non-hydrogen) atoms. The molecule has 1 aromatic rings. The quantitative estimate of drug-likeness (QED) is 0.878. The Kier molecular flexibility index (Phi) is 4.23. The number of hydrogen-bond acceptors (Lipinski definition) is 1. The van der Waals surface area contributed by atoms with Crippen molar-refractivity contribution in [3.8, 4) is 0 Å². The Morgan fingerprint density at radius 2 is 2.23 bits per heavy atom. The highest BCUT2D eigenvalue weighted by molar-refractivity contribution is 9.10. The van der Waals surface area contributed by atoms with Gasteiger partial charge in [0, 0.05) is 21.1 Å². The number of halogens is 2. The van der Waals surface area contributed by atoms with Crippen molar-refractivity contribution in [2.24, 2.45) is 5.73 Å². The number of rotatable bonds is 3. The normalized spacial score (nSPS) is 12.9. The van der Waals surface area contributed by atoms with Gasteiger partial charge in [-0.3, -0.25) is 0 Å². The third-order valence-corrected chi connectivity index (χ3v) is 2.99. The monoisotopic (exact) mass is 261 g/mol. The van der Waals surface area contributed by atoms with Gasteiger partial charge in [-0.1, -0.05) is 46.9 Å². The molecule has 0 saturated carbocycles. The molecule has 2 N–H and O–H groups in total. The van der Waals surface area contributed by atoms with Crippen LogP contribution in [-0.4, -0.2) is 0 Å². The maximum atomic E-state index is 6.05. The Hall–Kier alpha value is -0.0500. The lowest BCUT2D eigenvalue weighted by Gasteiger charge is -2.14. The van der Waals surface area contributed by atoms with Crippen LogP contribution in [0.4, 0.5) is 0 Å². The highest BCUT2D eigenvalue weighted by atomic mass is 79.9. The molecule has 0 saturated heterocycles. The Morgan fingerprint density at radius 1 is 1.54 bits per heavy atom. The highest BCUT2D eigenvalue weighted by Gasteiger charge is 2.12. The summed E-state index contributed by atoms with van der Waals surface area (Å²) in [4.78, 5) is 0. The van der Waals surface area contributed by atoms with Gasteiger partial charge in [0.25, 0.3) is 0 Å². The van der Waals surface area contributed by atoms with E-state index < -0.39 is 0 Å². The molecule has 1 aromatic carbocycles. The number of benzene rings is 1. The zero-order chi connectivity index (χ0) is 9.84. The summed E-state index contributed by atoms with van der Waals surface area (Å²) in [6.07, 6.45) is 2.03. The van der Waals surface area contributed by atoms with Crippen molar-refractivity contribution in [1.82, 2.24) is 0 Å². The summed E-state index contributed by atoms with van der Waals surface area (Å²) >= 11 is 9.50. The number of nitrogens with two attached hydrogens (primary N) is 1. The van der Waals surface area contributed by atoms with Gasteiger partial charge in [-0.2, -0.15) is 0 Å². The average molecular weight is 263 g/mol. The van der Waals surface area contributed by atoms with Crippen LogP contribution in [0.25, 0.3) is 0 Å². The predicted octanol–water partition coefficient (Wildman–Crippen LogP) is 3.90. The Bertz CT molecular complexity index is 268. The maximum Gasteiger partial charge on any atom is 0.0465 e. The predicted molar refractivity (Wildman–Crippen MR) is 61.0 cm³/mol. The van der Waals surface area contributed by atoms with Crippen molar-refractivity contribution in [2.75, 3.05) is 0 Å². The third kappa shape index (κ3) is 2.70. The average Bonchev–Trinajstić information content (AvgIpc) is 2.04. The van der Waals surface area contributed by atoms with Crippen LogP contribution in [0.1, 0.15) is 31.4 Å². The molecule has 0 heterocycles. The highest BCUT2D eigenvalue weighted by Crippen LogP contribution is 2.31. The SMILES string of the molecule is CCCC(N)c1c(Cl)cccc1Br. The van der Waals surface area contributed by atoms with Gasteiger partial charge in [-0.05, 0) is 18.6 Å². The van der Waals surface area contributed by atoms with E-state index in [1.54, 1.807) is 0 Å². The molecule has 0 amide bonds. The van der Waals surface area contributed by atoms with Crippen molar-refractivity contribution >= 4 is 27.5 Å². The molecule has 0 spiro atoms. The fourth-order valence-corrected chi connectivity index (χ4v) is 2.41. The molecule has 72 valence electrons. The summed E-state index contributed by atoms with van der Waals surface area (Å²) in [5.41, 5.74) is 7.01. The first kappa shape index (κ1) is 11.0. The molecule has 1 unspecified atom stereocenters. The molecular weight excluding hydrogens is 249 g/mol. The summed E-state index contributed by atoms with van der Waals surface area (Å²) < 4.78 is 1.00. The van der Waals surface area contributed by atoms with Gasteiger partial charge in [0.05, 0.1) is 0 Å². The van der Waals surface area contributed by atoms with E-state index in [1.807, 2.05) is 18.2 Å². The molecule has 0 aliphatic heterocycles. The van der Waals surface area contributed by atoms with Crippen molar-refractivity contribution in [3.05, 3.63) is 33.3 Å². The topological polar surface area (TPSA) is 26.0 Å². The molecule has 0 aromatic heterocycles. The lowest BCUT2D eigenvalue weighted by Crippen LogP contribution is -2.10. The van der Waals surface area contributed by atoms with Crippen LogP contribution in [0.5, 0.6) is 0 Å². The second kappa shape index (κ2) is 4.99. The molecule has 1 atom stereocenters. The van der Waals surface area contributed by atoms with E-state index in [2.05, 4.69) is 22.9 Å². The van der Waals surface area contributed by atoms with Gasteiger partial charge in [0.15, 0.2) is 0 Å². The largest absolute Gasteiger partial charge is 0.324 e. The van der Waals surface area contributed by atoms with Crippen LogP contribution in [-0.2, 0) is 0 Å². The summed E-state index contributed by atoms with van der Waals surface area (Å²) in [6.45, 7) is 2.12. The first-order chi connectivity index (χ1) is 6.16. The van der Waals surface area contributed by atoms with Gasteiger partial charge >= 0.3 is 0 Å². The molecular formula is C10H13BrClN. The molecule has 3 heteroatoms. The van der Waals surface area contributed by atoms with Crippen LogP contribution in [0.15, 0.2) is 22.7 Å². The summed E-state index contributed by atoms with van der Waals surface area (Å²) in [5.74, 6) is 0. The minimum Gasteiger partial charge on any atom is -0.324 e. The molecule has 0 aliphatic rings. The molecule has 0 bridgehead atoms. The van der Waals surface area contributed by atoms with Crippen LogP contribution in [0.3, 0.4) is 0 Å². The standard InChI is InChI=1S/C10H13BrClN/c1-2-4-9(13)10-7(11)5-3-6-8(10)12/h3,5-6,9H,2,4,13H2,1H3. The first-order valence-electron chi connectivity index (χ1n) is 4.36. The Balaban J connectivity index is 2.98. The zero-order valence-electron chi connectivity index (χ0n) is 7.56. The van der Waals surface area contributed by atoms with E-state index in [0.717, 1.165) is 27.9 Å². The van der Waals surface area contributed by atoms with Gasteiger partial charge in [0.1, 0.15) is 0 Å². The second-order valence-corrected chi connectivity index (χ2v) is 4.29. The van der Waals surface area contributed by atoms with Gasteiger partial charge < -0.3 is 5.73 Å². The van der Waals surface area contributed by atoms with E-state index in [9.17, 15) is 0 Å². The molecule has 1 rings (SSSR count). The maximum absolute atomic E-state index is 6.05.